The zero-order valence-electron chi connectivity index (χ0n) is 19.9. The van der Waals surface area contributed by atoms with Gasteiger partial charge in [-0.3, -0.25) is 9.59 Å². The van der Waals surface area contributed by atoms with Gasteiger partial charge in [-0.1, -0.05) is 19.3 Å². The van der Waals surface area contributed by atoms with E-state index in [1.165, 1.54) is 19.3 Å². The molecule has 4 fully saturated rings. The Morgan fingerprint density at radius 3 is 1.94 bits per heavy atom. The molecule has 6 heteroatoms. The van der Waals surface area contributed by atoms with E-state index in [2.05, 4.69) is 26.6 Å². The second-order valence-corrected chi connectivity index (χ2v) is 10.7. The molecule has 31 heavy (non-hydrogen) atoms. The molecule has 3 heterocycles. The van der Waals surface area contributed by atoms with Gasteiger partial charge in [0.05, 0.1) is 0 Å². The predicted octanol–water partition coefficient (Wildman–Crippen LogP) is 2.82. The van der Waals surface area contributed by atoms with Crippen LogP contribution in [0, 0.1) is 11.8 Å². The number of carbonyl (C=O) groups excluding carboxylic acids is 2. The molecule has 1 saturated carbocycles. The first kappa shape index (κ1) is 23.0. The molecule has 0 spiro atoms. The third-order valence-corrected chi connectivity index (χ3v) is 8.71. The maximum atomic E-state index is 13.1. The second-order valence-electron chi connectivity index (χ2n) is 10.7. The molecule has 0 aromatic carbocycles. The smallest absolute Gasteiger partial charge is 0.225 e. The van der Waals surface area contributed by atoms with Crippen molar-refractivity contribution in [3.63, 3.8) is 0 Å². The van der Waals surface area contributed by atoms with Crippen molar-refractivity contribution in [2.45, 2.75) is 82.7 Å². The lowest BCUT2D eigenvalue weighted by molar-refractivity contribution is -0.140. The maximum Gasteiger partial charge on any atom is 0.225 e. The monoisotopic (exact) mass is 432 g/mol. The van der Waals surface area contributed by atoms with Crippen LogP contribution in [-0.4, -0.2) is 96.9 Å². The van der Waals surface area contributed by atoms with Gasteiger partial charge in [0.15, 0.2) is 0 Å². The number of carbonyl (C=O) groups is 2. The molecule has 176 valence electrons. The van der Waals surface area contributed by atoms with E-state index in [9.17, 15) is 9.59 Å². The molecule has 0 aromatic rings. The largest absolute Gasteiger partial charge is 0.342 e. The van der Waals surface area contributed by atoms with Crippen molar-refractivity contribution in [3.8, 4) is 0 Å². The Balaban J connectivity index is 1.19. The Kier molecular flexibility index (Phi) is 7.91. The van der Waals surface area contributed by atoms with Crippen LogP contribution in [0.4, 0.5) is 0 Å². The molecule has 4 rings (SSSR count). The third-order valence-electron chi connectivity index (χ3n) is 8.71. The molecule has 0 unspecified atom stereocenters. The van der Waals surface area contributed by atoms with E-state index in [1.807, 2.05) is 7.05 Å². The summed E-state index contributed by atoms with van der Waals surface area (Å²) >= 11 is 0. The fourth-order valence-electron chi connectivity index (χ4n) is 6.42. The summed E-state index contributed by atoms with van der Waals surface area (Å²) in [7, 11) is 4.20. The fraction of sp³-hybridized carbons (Fsp3) is 0.920. The van der Waals surface area contributed by atoms with Crippen LogP contribution in [0.3, 0.4) is 0 Å². The summed E-state index contributed by atoms with van der Waals surface area (Å²) in [6.45, 7) is 6.14. The van der Waals surface area contributed by atoms with E-state index in [4.69, 9.17) is 0 Å². The van der Waals surface area contributed by atoms with Crippen molar-refractivity contribution >= 4 is 11.8 Å². The normalized spacial score (nSPS) is 26.8. The van der Waals surface area contributed by atoms with E-state index in [-0.39, 0.29) is 5.92 Å². The van der Waals surface area contributed by atoms with E-state index in [1.54, 1.807) is 0 Å². The molecule has 0 atom stereocenters. The van der Waals surface area contributed by atoms with Crippen molar-refractivity contribution in [1.29, 1.82) is 0 Å². The minimum Gasteiger partial charge on any atom is -0.342 e. The minimum atomic E-state index is 0.203. The molecule has 3 saturated heterocycles. The highest BCUT2D eigenvalue weighted by molar-refractivity contribution is 5.79. The highest BCUT2D eigenvalue weighted by Crippen LogP contribution is 2.29. The van der Waals surface area contributed by atoms with Crippen LogP contribution >= 0.6 is 0 Å². The van der Waals surface area contributed by atoms with Crippen LogP contribution in [0.2, 0.25) is 0 Å². The molecule has 2 amide bonds. The number of nitrogens with zero attached hydrogens (tertiary/aromatic N) is 4. The van der Waals surface area contributed by atoms with E-state index in [0.29, 0.717) is 29.8 Å². The first-order chi connectivity index (χ1) is 15.0. The van der Waals surface area contributed by atoms with Crippen LogP contribution in [0.5, 0.6) is 0 Å². The van der Waals surface area contributed by atoms with Gasteiger partial charge in [-0.25, -0.2) is 0 Å². The Morgan fingerprint density at radius 1 is 0.710 bits per heavy atom. The Morgan fingerprint density at radius 2 is 1.32 bits per heavy atom. The number of likely N-dealkylation sites (tertiary alicyclic amines) is 3. The number of piperidine rings is 3. The van der Waals surface area contributed by atoms with Crippen LogP contribution in [-0.2, 0) is 9.59 Å². The molecule has 0 N–H and O–H groups in total. The highest BCUT2D eigenvalue weighted by Gasteiger charge is 2.35. The first-order valence-corrected chi connectivity index (χ1v) is 13.0. The minimum absolute atomic E-state index is 0.203. The zero-order valence-corrected chi connectivity index (χ0v) is 19.9. The molecule has 4 aliphatic rings. The average Bonchev–Trinajstić information content (AvgIpc) is 2.84. The molecule has 3 aliphatic heterocycles. The van der Waals surface area contributed by atoms with Crippen molar-refractivity contribution in [2.24, 2.45) is 11.8 Å². The summed E-state index contributed by atoms with van der Waals surface area (Å²) in [4.78, 5) is 35.1. The van der Waals surface area contributed by atoms with Gasteiger partial charge in [0.25, 0.3) is 0 Å². The Bertz CT molecular complexity index is 597. The Hall–Kier alpha value is -1.14. The van der Waals surface area contributed by atoms with Gasteiger partial charge in [-0.15, -0.1) is 0 Å². The molecule has 1 aliphatic carbocycles. The molecular formula is C25H44N4O2. The molecule has 0 aromatic heterocycles. The van der Waals surface area contributed by atoms with Crippen molar-refractivity contribution < 1.29 is 9.59 Å². The van der Waals surface area contributed by atoms with Crippen LogP contribution in [0.25, 0.3) is 0 Å². The predicted molar refractivity (Wildman–Crippen MR) is 124 cm³/mol. The third kappa shape index (κ3) is 5.62. The number of rotatable bonds is 4. The summed E-state index contributed by atoms with van der Waals surface area (Å²) in [5.41, 5.74) is 0. The summed E-state index contributed by atoms with van der Waals surface area (Å²) < 4.78 is 0. The topological polar surface area (TPSA) is 47.1 Å². The summed E-state index contributed by atoms with van der Waals surface area (Å²) in [6.07, 6.45) is 12.4. The maximum absolute atomic E-state index is 13.1. The highest BCUT2D eigenvalue weighted by atomic mass is 16.2. The lowest BCUT2D eigenvalue weighted by atomic mass is 9.87. The molecule has 0 bridgehead atoms. The van der Waals surface area contributed by atoms with E-state index in [0.717, 1.165) is 90.6 Å². The standard InChI is InChI=1S/C25H44N4O2/c1-26-14-10-22(11-15-26)27(2)24(30)21-8-16-28(17-9-21)23-12-18-29(19-13-23)25(31)20-6-4-3-5-7-20/h20-23H,3-19H2,1-2H3. The first-order valence-electron chi connectivity index (χ1n) is 13.0. The number of hydrogen-bond acceptors (Lipinski definition) is 4. The quantitative estimate of drug-likeness (QED) is 0.685. The van der Waals surface area contributed by atoms with E-state index >= 15 is 0 Å². The zero-order chi connectivity index (χ0) is 21.8. The van der Waals surface area contributed by atoms with Gasteiger partial charge in [-0.05, 0) is 84.6 Å². The van der Waals surface area contributed by atoms with Crippen molar-refractivity contribution in [1.82, 2.24) is 19.6 Å². The van der Waals surface area contributed by atoms with Gasteiger partial charge in [0.1, 0.15) is 0 Å². The molecular weight excluding hydrogens is 388 g/mol. The second kappa shape index (κ2) is 10.7. The molecule has 0 radical (unpaired) electrons. The fourth-order valence-corrected chi connectivity index (χ4v) is 6.42. The van der Waals surface area contributed by atoms with Crippen LogP contribution < -0.4 is 0 Å². The lowest BCUT2D eigenvalue weighted by Crippen LogP contribution is -2.52. The van der Waals surface area contributed by atoms with Gasteiger partial charge in [0, 0.05) is 44.1 Å². The summed E-state index contributed by atoms with van der Waals surface area (Å²) in [5, 5.41) is 0. The molecule has 6 nitrogen and oxygen atoms in total. The summed E-state index contributed by atoms with van der Waals surface area (Å²) in [6, 6.07) is 1.02. The number of hydrogen-bond donors (Lipinski definition) is 0. The lowest BCUT2D eigenvalue weighted by Gasteiger charge is -2.43. The van der Waals surface area contributed by atoms with Crippen LogP contribution in [0.15, 0.2) is 0 Å². The SMILES string of the molecule is CN1CCC(N(C)C(=O)C2CCN(C3CCN(C(=O)C4CCCCC4)CC3)CC2)CC1. The average molecular weight is 433 g/mol. The van der Waals surface area contributed by atoms with Gasteiger partial charge < -0.3 is 19.6 Å². The summed E-state index contributed by atoms with van der Waals surface area (Å²) in [5.74, 6) is 1.31. The van der Waals surface area contributed by atoms with E-state index < -0.39 is 0 Å². The van der Waals surface area contributed by atoms with Gasteiger partial charge in [0.2, 0.25) is 11.8 Å². The van der Waals surface area contributed by atoms with Crippen LogP contribution in [0.1, 0.15) is 70.6 Å². The van der Waals surface area contributed by atoms with Crippen molar-refractivity contribution in [3.05, 3.63) is 0 Å². The number of amides is 2. The van der Waals surface area contributed by atoms with Gasteiger partial charge >= 0.3 is 0 Å². The van der Waals surface area contributed by atoms with Gasteiger partial charge in [-0.2, -0.15) is 0 Å². The Labute approximate surface area is 189 Å². The van der Waals surface area contributed by atoms with Crippen molar-refractivity contribution in [2.75, 3.05) is 53.4 Å².